The lowest BCUT2D eigenvalue weighted by molar-refractivity contribution is 0.0636. The molecule has 1 heterocycles. The van der Waals surface area contributed by atoms with Gasteiger partial charge in [-0.25, -0.2) is 4.79 Å². The molecule has 1 aliphatic rings. The van der Waals surface area contributed by atoms with Gasteiger partial charge >= 0.3 is 6.09 Å². The quantitative estimate of drug-likeness (QED) is 0.872. The van der Waals surface area contributed by atoms with E-state index in [4.69, 9.17) is 4.74 Å². The second-order valence-corrected chi connectivity index (χ2v) is 7.85. The van der Waals surface area contributed by atoms with Crippen molar-refractivity contribution in [1.82, 2.24) is 5.32 Å². The molecule has 1 fully saturated rings. The SMILES string of the molecule is CC(NC1CCSC1)c1ccc(NC(=O)OC(C)(C)C)cc1. The van der Waals surface area contributed by atoms with E-state index >= 15 is 0 Å². The summed E-state index contributed by atoms with van der Waals surface area (Å²) in [5, 5.41) is 6.41. The predicted molar refractivity (Wildman–Crippen MR) is 93.6 cm³/mol. The normalized spacial score (nSPS) is 19.7. The van der Waals surface area contributed by atoms with E-state index in [9.17, 15) is 4.79 Å². The molecule has 1 aromatic carbocycles. The summed E-state index contributed by atoms with van der Waals surface area (Å²) in [5.74, 6) is 2.45. The molecule has 2 atom stereocenters. The fraction of sp³-hybridized carbons (Fsp3) is 0.588. The Morgan fingerprint density at radius 1 is 1.32 bits per heavy atom. The number of nitrogens with one attached hydrogen (secondary N) is 2. The maximum absolute atomic E-state index is 11.7. The number of hydrogen-bond donors (Lipinski definition) is 2. The number of rotatable bonds is 4. The van der Waals surface area contributed by atoms with Crippen molar-refractivity contribution in [2.75, 3.05) is 16.8 Å². The van der Waals surface area contributed by atoms with Gasteiger partial charge in [0.25, 0.3) is 0 Å². The van der Waals surface area contributed by atoms with Crippen molar-refractivity contribution < 1.29 is 9.53 Å². The highest BCUT2D eigenvalue weighted by Gasteiger charge is 2.18. The molecule has 0 saturated carbocycles. The average Bonchev–Trinajstić information content (AvgIpc) is 2.90. The van der Waals surface area contributed by atoms with E-state index in [0.717, 1.165) is 5.69 Å². The lowest BCUT2D eigenvalue weighted by atomic mass is 10.1. The van der Waals surface area contributed by atoms with E-state index in [-0.39, 0.29) is 0 Å². The molecule has 2 unspecified atom stereocenters. The zero-order chi connectivity index (χ0) is 16.2. The third kappa shape index (κ3) is 5.54. The first-order chi connectivity index (χ1) is 10.3. The third-order valence-corrected chi connectivity index (χ3v) is 4.63. The third-order valence-electron chi connectivity index (χ3n) is 3.47. The van der Waals surface area contributed by atoms with E-state index in [1.54, 1.807) is 0 Å². The van der Waals surface area contributed by atoms with Crippen molar-refractivity contribution in [3.05, 3.63) is 29.8 Å². The molecule has 2 rings (SSSR count). The number of benzene rings is 1. The molecule has 1 aromatic rings. The highest BCUT2D eigenvalue weighted by molar-refractivity contribution is 7.99. The van der Waals surface area contributed by atoms with Crippen molar-refractivity contribution in [2.45, 2.75) is 51.8 Å². The van der Waals surface area contributed by atoms with Crippen LogP contribution in [0.5, 0.6) is 0 Å². The Labute approximate surface area is 137 Å². The number of carbonyl (C=O) groups excluding carboxylic acids is 1. The first kappa shape index (κ1) is 17.2. The summed E-state index contributed by atoms with van der Waals surface area (Å²) >= 11 is 2.01. The van der Waals surface area contributed by atoms with E-state index in [1.807, 2.05) is 56.8 Å². The van der Waals surface area contributed by atoms with Crippen molar-refractivity contribution >= 4 is 23.5 Å². The van der Waals surface area contributed by atoms with Crippen LogP contribution < -0.4 is 10.6 Å². The lowest BCUT2D eigenvalue weighted by Gasteiger charge is -2.21. The number of thioether (sulfide) groups is 1. The maximum atomic E-state index is 11.7. The van der Waals surface area contributed by atoms with Gasteiger partial charge in [-0.05, 0) is 57.6 Å². The van der Waals surface area contributed by atoms with Crippen molar-refractivity contribution in [3.8, 4) is 0 Å². The number of amides is 1. The summed E-state index contributed by atoms with van der Waals surface area (Å²) < 4.78 is 5.24. The molecule has 1 saturated heterocycles. The number of carbonyl (C=O) groups is 1. The Balaban J connectivity index is 1.87. The van der Waals surface area contributed by atoms with Crippen LogP contribution >= 0.6 is 11.8 Å². The minimum absolute atomic E-state index is 0.319. The molecular weight excluding hydrogens is 296 g/mol. The molecule has 122 valence electrons. The van der Waals surface area contributed by atoms with Crippen LogP contribution in [0.4, 0.5) is 10.5 Å². The van der Waals surface area contributed by atoms with Crippen LogP contribution in [0.2, 0.25) is 0 Å². The van der Waals surface area contributed by atoms with Crippen LogP contribution in [0.15, 0.2) is 24.3 Å². The molecule has 0 radical (unpaired) electrons. The average molecular weight is 322 g/mol. The molecule has 2 N–H and O–H groups in total. The number of ether oxygens (including phenoxy) is 1. The van der Waals surface area contributed by atoms with Crippen molar-refractivity contribution in [2.24, 2.45) is 0 Å². The van der Waals surface area contributed by atoms with Gasteiger partial charge in [0.15, 0.2) is 0 Å². The Kier molecular flexibility index (Phi) is 5.75. The van der Waals surface area contributed by atoms with Crippen LogP contribution in [0.1, 0.15) is 45.7 Å². The zero-order valence-corrected chi connectivity index (χ0v) is 14.6. The van der Waals surface area contributed by atoms with Gasteiger partial charge in [-0.3, -0.25) is 5.32 Å². The Bertz CT molecular complexity index is 490. The van der Waals surface area contributed by atoms with Crippen LogP contribution in [0.3, 0.4) is 0 Å². The minimum Gasteiger partial charge on any atom is -0.444 e. The van der Waals surface area contributed by atoms with Gasteiger partial charge in [-0.15, -0.1) is 0 Å². The molecule has 0 bridgehead atoms. The van der Waals surface area contributed by atoms with Gasteiger partial charge in [0.1, 0.15) is 5.60 Å². The lowest BCUT2D eigenvalue weighted by Crippen LogP contribution is -2.31. The first-order valence-electron chi connectivity index (χ1n) is 7.77. The van der Waals surface area contributed by atoms with E-state index < -0.39 is 11.7 Å². The predicted octanol–water partition coefficient (Wildman–Crippen LogP) is 4.19. The molecule has 4 nitrogen and oxygen atoms in total. The second-order valence-electron chi connectivity index (χ2n) is 6.70. The van der Waals surface area contributed by atoms with E-state index in [0.29, 0.717) is 12.1 Å². The zero-order valence-electron chi connectivity index (χ0n) is 13.8. The Hall–Kier alpha value is -1.20. The van der Waals surface area contributed by atoms with Gasteiger partial charge in [0, 0.05) is 23.5 Å². The summed E-state index contributed by atoms with van der Waals surface area (Å²) in [6.45, 7) is 7.73. The minimum atomic E-state index is -0.484. The summed E-state index contributed by atoms with van der Waals surface area (Å²) in [6, 6.07) is 8.86. The Morgan fingerprint density at radius 2 is 2.00 bits per heavy atom. The summed E-state index contributed by atoms with van der Waals surface area (Å²) in [4.78, 5) is 11.7. The number of anilines is 1. The molecule has 0 spiro atoms. The molecule has 0 aliphatic carbocycles. The summed E-state index contributed by atoms with van der Waals surface area (Å²) in [7, 11) is 0. The van der Waals surface area contributed by atoms with E-state index in [2.05, 4.69) is 17.6 Å². The second kappa shape index (κ2) is 7.38. The molecule has 5 heteroatoms. The van der Waals surface area contributed by atoms with Crippen LogP contribution in [0, 0.1) is 0 Å². The first-order valence-corrected chi connectivity index (χ1v) is 8.93. The summed E-state index contributed by atoms with van der Waals surface area (Å²) in [6.07, 6.45) is 0.821. The fourth-order valence-electron chi connectivity index (χ4n) is 2.39. The largest absolute Gasteiger partial charge is 0.444 e. The number of hydrogen-bond acceptors (Lipinski definition) is 4. The molecule has 1 aliphatic heterocycles. The summed E-state index contributed by atoms with van der Waals surface area (Å²) in [5.41, 5.74) is 1.50. The highest BCUT2D eigenvalue weighted by Crippen LogP contribution is 2.22. The van der Waals surface area contributed by atoms with Gasteiger partial charge in [-0.1, -0.05) is 12.1 Å². The highest BCUT2D eigenvalue weighted by atomic mass is 32.2. The van der Waals surface area contributed by atoms with Crippen LogP contribution in [-0.2, 0) is 4.74 Å². The van der Waals surface area contributed by atoms with Gasteiger partial charge in [0.2, 0.25) is 0 Å². The maximum Gasteiger partial charge on any atom is 0.412 e. The monoisotopic (exact) mass is 322 g/mol. The van der Waals surface area contributed by atoms with Gasteiger partial charge in [-0.2, -0.15) is 11.8 Å². The van der Waals surface area contributed by atoms with Gasteiger partial charge < -0.3 is 10.1 Å². The topological polar surface area (TPSA) is 50.4 Å². The fourth-order valence-corrected chi connectivity index (χ4v) is 3.56. The van der Waals surface area contributed by atoms with Gasteiger partial charge in [0.05, 0.1) is 0 Å². The van der Waals surface area contributed by atoms with Crippen molar-refractivity contribution in [1.29, 1.82) is 0 Å². The molecule has 1 amide bonds. The molecule has 22 heavy (non-hydrogen) atoms. The van der Waals surface area contributed by atoms with Crippen molar-refractivity contribution in [3.63, 3.8) is 0 Å². The standard InChI is InChI=1S/C17H26N2O2S/c1-12(18-15-9-10-22-11-15)13-5-7-14(8-6-13)19-16(20)21-17(2,3)4/h5-8,12,15,18H,9-11H2,1-4H3,(H,19,20). The van der Waals surface area contributed by atoms with Crippen LogP contribution in [-0.4, -0.2) is 29.2 Å². The Morgan fingerprint density at radius 3 is 2.55 bits per heavy atom. The van der Waals surface area contributed by atoms with Crippen LogP contribution in [0.25, 0.3) is 0 Å². The van der Waals surface area contributed by atoms with E-state index in [1.165, 1.54) is 23.5 Å². The molecule has 0 aromatic heterocycles. The smallest absolute Gasteiger partial charge is 0.412 e. The molecular formula is C17H26N2O2S.